The van der Waals surface area contributed by atoms with Gasteiger partial charge in [0.05, 0.1) is 7.11 Å². The Hall–Kier alpha value is -3.11. The zero-order valence-corrected chi connectivity index (χ0v) is 23.0. The van der Waals surface area contributed by atoms with Gasteiger partial charge in [0.1, 0.15) is 23.7 Å². The van der Waals surface area contributed by atoms with E-state index in [1.807, 2.05) is 12.2 Å². The monoisotopic (exact) mass is 532 g/mol. The third kappa shape index (κ3) is 5.51. The fourth-order valence-electron chi connectivity index (χ4n) is 6.29. The fraction of sp³-hybridized carbons (Fsp3) is 0.741. The largest absolute Gasteiger partial charge is 0.467 e. The Bertz CT molecular complexity index is 1030. The lowest BCUT2D eigenvalue weighted by Crippen LogP contribution is -2.58. The number of nitrogens with zero attached hydrogens (tertiary/aromatic N) is 1. The Kier molecular flexibility index (Phi) is 7.51. The van der Waals surface area contributed by atoms with Crippen molar-refractivity contribution in [3.63, 3.8) is 0 Å². The molecule has 38 heavy (non-hydrogen) atoms. The van der Waals surface area contributed by atoms with Gasteiger partial charge in [-0.25, -0.2) is 9.59 Å². The average molecular weight is 533 g/mol. The molecule has 7 atom stereocenters. The molecular weight excluding hydrogens is 492 g/mol. The van der Waals surface area contributed by atoms with Gasteiger partial charge in [0.2, 0.25) is 17.7 Å². The molecule has 11 heteroatoms. The zero-order chi connectivity index (χ0) is 28.0. The summed E-state index contributed by atoms with van der Waals surface area (Å²) in [4.78, 5) is 67.0. The number of hydrogen-bond donors (Lipinski definition) is 3. The van der Waals surface area contributed by atoms with E-state index in [1.54, 1.807) is 20.8 Å². The van der Waals surface area contributed by atoms with Crippen LogP contribution < -0.4 is 16.0 Å². The topological polar surface area (TPSA) is 143 Å². The van der Waals surface area contributed by atoms with Crippen LogP contribution in [-0.2, 0) is 28.7 Å². The Balaban J connectivity index is 1.66. The molecule has 3 heterocycles. The average Bonchev–Trinajstić information content (AvgIpc) is 3.13. The van der Waals surface area contributed by atoms with Crippen LogP contribution in [-0.4, -0.2) is 78.6 Å². The third-order valence-electron chi connectivity index (χ3n) is 8.41. The maximum atomic E-state index is 13.8. The molecule has 0 spiro atoms. The summed E-state index contributed by atoms with van der Waals surface area (Å²) in [5, 5.41) is 8.36. The Labute approximate surface area is 223 Å². The van der Waals surface area contributed by atoms with E-state index in [-0.39, 0.29) is 41.4 Å². The number of fused-ring (bicyclic) bond motifs is 4. The summed E-state index contributed by atoms with van der Waals surface area (Å²) in [6.45, 7) is 10.1. The lowest BCUT2D eigenvalue weighted by molar-refractivity contribution is -0.148. The number of hydrogen-bond acceptors (Lipinski definition) is 7. The van der Waals surface area contributed by atoms with Crippen molar-refractivity contribution in [2.75, 3.05) is 20.2 Å². The fourth-order valence-corrected chi connectivity index (χ4v) is 6.29. The number of ether oxygens (including phenoxy) is 2. The van der Waals surface area contributed by atoms with Crippen LogP contribution in [0.4, 0.5) is 4.79 Å². The van der Waals surface area contributed by atoms with Gasteiger partial charge in [-0.1, -0.05) is 26.0 Å². The predicted molar refractivity (Wildman–Crippen MR) is 136 cm³/mol. The van der Waals surface area contributed by atoms with Crippen LogP contribution in [0.1, 0.15) is 53.9 Å². The number of methoxy groups -OCH3 is 1. The predicted octanol–water partition coefficient (Wildman–Crippen LogP) is 1.12. The van der Waals surface area contributed by atoms with E-state index in [2.05, 4.69) is 29.8 Å². The van der Waals surface area contributed by atoms with Crippen LogP contribution in [0.3, 0.4) is 0 Å². The van der Waals surface area contributed by atoms with Crippen LogP contribution in [0, 0.1) is 29.1 Å². The first-order valence-electron chi connectivity index (χ1n) is 13.4. The molecule has 4 rings (SSSR count). The first kappa shape index (κ1) is 27.9. The first-order valence-corrected chi connectivity index (χ1v) is 13.4. The number of piperidine rings is 1. The summed E-state index contributed by atoms with van der Waals surface area (Å²) in [7, 11) is 1.24. The normalized spacial score (nSPS) is 34.6. The van der Waals surface area contributed by atoms with E-state index in [0.717, 1.165) is 0 Å². The van der Waals surface area contributed by atoms with Gasteiger partial charge in [-0.3, -0.25) is 14.4 Å². The molecule has 0 radical (unpaired) electrons. The molecule has 0 bridgehead atoms. The van der Waals surface area contributed by atoms with Crippen molar-refractivity contribution in [2.24, 2.45) is 29.1 Å². The summed E-state index contributed by atoms with van der Waals surface area (Å²) in [5.41, 5.74) is -0.880. The molecule has 0 aromatic rings. The quantitative estimate of drug-likeness (QED) is 0.357. The molecule has 0 aromatic heterocycles. The van der Waals surface area contributed by atoms with Crippen molar-refractivity contribution in [3.05, 3.63) is 12.2 Å². The highest BCUT2D eigenvalue weighted by Gasteiger charge is 2.69. The van der Waals surface area contributed by atoms with Gasteiger partial charge in [0.15, 0.2) is 0 Å². The zero-order valence-electron chi connectivity index (χ0n) is 23.0. The Morgan fingerprint density at radius 3 is 2.53 bits per heavy atom. The van der Waals surface area contributed by atoms with E-state index in [0.29, 0.717) is 25.9 Å². The number of alkyl carbamates (subject to hydrolysis) is 1. The number of carbonyl (C=O) groups is 5. The molecule has 210 valence electrons. The number of nitrogens with one attached hydrogen (secondary N) is 3. The summed E-state index contributed by atoms with van der Waals surface area (Å²) in [5.74, 6) is -2.28. The molecule has 3 aliphatic heterocycles. The molecular formula is C27H40N4O7. The van der Waals surface area contributed by atoms with Gasteiger partial charge in [-0.2, -0.15) is 0 Å². The lowest BCUT2D eigenvalue weighted by Gasteiger charge is -2.34. The smallest absolute Gasteiger partial charge is 0.408 e. The summed E-state index contributed by atoms with van der Waals surface area (Å²) in [6, 6.07) is -2.73. The van der Waals surface area contributed by atoms with E-state index >= 15 is 0 Å². The summed E-state index contributed by atoms with van der Waals surface area (Å²) in [6.07, 6.45) is 3.96. The van der Waals surface area contributed by atoms with Crippen molar-refractivity contribution in [3.8, 4) is 0 Å². The van der Waals surface area contributed by atoms with Crippen LogP contribution in [0.15, 0.2) is 12.2 Å². The van der Waals surface area contributed by atoms with Crippen LogP contribution in [0.5, 0.6) is 0 Å². The second-order valence-electron chi connectivity index (χ2n) is 12.4. The second-order valence-corrected chi connectivity index (χ2v) is 12.4. The molecule has 2 saturated heterocycles. The van der Waals surface area contributed by atoms with Crippen molar-refractivity contribution in [2.45, 2.75) is 77.6 Å². The minimum atomic E-state index is -1.03. The van der Waals surface area contributed by atoms with Crippen molar-refractivity contribution in [1.29, 1.82) is 0 Å². The second kappa shape index (κ2) is 10.2. The summed E-state index contributed by atoms with van der Waals surface area (Å²) >= 11 is 0. The molecule has 4 amide bonds. The molecule has 3 N–H and O–H groups in total. The SMILES string of the molecule is COC(=O)[C@@H]1C[C@@H]2C(=O)NC[C@@H]2C=CCC[C@H](NC(=O)OC(C)(C)C)C(=O)N2C[C@H]3[C@@H]([C@H]2C(=O)N1)C3(C)C. The maximum absolute atomic E-state index is 13.8. The third-order valence-corrected chi connectivity index (χ3v) is 8.41. The van der Waals surface area contributed by atoms with E-state index in [9.17, 15) is 24.0 Å². The molecule has 4 aliphatic rings. The molecule has 11 nitrogen and oxygen atoms in total. The number of esters is 1. The highest BCUT2D eigenvalue weighted by atomic mass is 16.6. The van der Waals surface area contributed by atoms with Gasteiger partial charge in [-0.05, 0) is 57.3 Å². The first-order chi connectivity index (χ1) is 17.7. The van der Waals surface area contributed by atoms with Crippen LogP contribution >= 0.6 is 0 Å². The molecule has 0 unspecified atom stereocenters. The molecule has 0 aromatic carbocycles. The van der Waals surface area contributed by atoms with Gasteiger partial charge in [-0.15, -0.1) is 0 Å². The van der Waals surface area contributed by atoms with Crippen molar-refractivity contribution < 1.29 is 33.4 Å². The molecule has 1 aliphatic carbocycles. The highest BCUT2D eigenvalue weighted by molar-refractivity contribution is 5.95. The standard InChI is InChI=1S/C27H40N4O7/c1-26(2,3)38-25(36)30-17-10-8-7-9-14-12-28-21(32)15(14)11-18(24(35)37-6)29-22(33)20-19-16(27(19,4)5)13-31(20)23(17)34/h7,9,14-20H,8,10-13H2,1-6H3,(H,28,32)(H,29,33)(H,30,36)/t14-,15-,16-,17-,18-,19-,20-/m0/s1. The summed E-state index contributed by atoms with van der Waals surface area (Å²) < 4.78 is 10.4. The number of amides is 4. The van der Waals surface area contributed by atoms with Crippen molar-refractivity contribution in [1.82, 2.24) is 20.9 Å². The molecule has 1 saturated carbocycles. The van der Waals surface area contributed by atoms with Gasteiger partial charge >= 0.3 is 12.1 Å². The van der Waals surface area contributed by atoms with Gasteiger partial charge in [0.25, 0.3) is 0 Å². The minimum absolute atomic E-state index is 0.0812. The molecule has 3 fully saturated rings. The van der Waals surface area contributed by atoms with E-state index < -0.39 is 47.6 Å². The van der Waals surface area contributed by atoms with E-state index in [4.69, 9.17) is 9.47 Å². The lowest BCUT2D eigenvalue weighted by atomic mass is 9.88. The minimum Gasteiger partial charge on any atom is -0.467 e. The van der Waals surface area contributed by atoms with Gasteiger partial charge in [0, 0.05) is 24.9 Å². The van der Waals surface area contributed by atoms with Crippen molar-refractivity contribution >= 4 is 29.8 Å². The highest BCUT2D eigenvalue weighted by Crippen LogP contribution is 2.65. The maximum Gasteiger partial charge on any atom is 0.408 e. The number of allylic oxidation sites excluding steroid dienone is 1. The van der Waals surface area contributed by atoms with Crippen LogP contribution in [0.2, 0.25) is 0 Å². The number of carbonyl (C=O) groups excluding carboxylic acids is 5. The van der Waals surface area contributed by atoms with Gasteiger partial charge < -0.3 is 30.3 Å². The Morgan fingerprint density at radius 1 is 1.16 bits per heavy atom. The van der Waals surface area contributed by atoms with Crippen LogP contribution in [0.25, 0.3) is 0 Å². The Morgan fingerprint density at radius 2 is 1.87 bits per heavy atom. The number of rotatable bonds is 2. The van der Waals surface area contributed by atoms with E-state index in [1.165, 1.54) is 12.0 Å².